The summed E-state index contributed by atoms with van der Waals surface area (Å²) in [5, 5.41) is 8.99. The maximum absolute atomic E-state index is 12.1. The van der Waals surface area contributed by atoms with Crippen LogP contribution in [0.1, 0.15) is 11.7 Å². The molecule has 6 heteroatoms. The quantitative estimate of drug-likeness (QED) is 0.722. The van der Waals surface area contributed by atoms with Crippen molar-refractivity contribution in [3.8, 4) is 0 Å². The molecule has 2 nitrogen and oxygen atoms in total. The molecule has 0 heterocycles. The molecule has 1 aromatic rings. The van der Waals surface area contributed by atoms with Gasteiger partial charge in [0.05, 0.1) is 0 Å². The zero-order valence-corrected chi connectivity index (χ0v) is 7.60. The van der Waals surface area contributed by atoms with E-state index in [-0.39, 0.29) is 10.7 Å². The van der Waals surface area contributed by atoms with Gasteiger partial charge in [-0.05, 0) is 18.2 Å². The molecule has 0 amide bonds. The first-order valence-corrected chi connectivity index (χ1v) is 4.00. The molecule has 0 saturated carbocycles. The largest absolute Gasteiger partial charge is 0.418 e. The Bertz CT molecular complexity index is 340. The van der Waals surface area contributed by atoms with Gasteiger partial charge < -0.3 is 10.8 Å². The lowest BCUT2D eigenvalue weighted by atomic mass is 10.1. The van der Waals surface area contributed by atoms with Crippen molar-refractivity contribution in [2.24, 2.45) is 0 Å². The molecule has 0 saturated heterocycles. The zero-order chi connectivity index (χ0) is 10.9. The van der Waals surface area contributed by atoms with Crippen LogP contribution in [0.5, 0.6) is 0 Å². The number of benzene rings is 1. The van der Waals surface area contributed by atoms with Crippen molar-refractivity contribution in [1.82, 2.24) is 0 Å². The number of aliphatic hydroxyl groups excluding tert-OH is 1. The average molecular weight is 226 g/mol. The van der Waals surface area contributed by atoms with Crippen molar-refractivity contribution in [1.29, 1.82) is 0 Å². The lowest BCUT2D eigenvalue weighted by molar-refractivity contribution is -0.206. The Hall–Kier alpha value is -0.940. The number of halogens is 4. The van der Waals surface area contributed by atoms with Gasteiger partial charge in [0.1, 0.15) is 0 Å². The van der Waals surface area contributed by atoms with Crippen LogP contribution in [0.2, 0.25) is 5.02 Å². The smallest absolute Gasteiger partial charge is 0.398 e. The fourth-order valence-corrected chi connectivity index (χ4v) is 1.14. The predicted molar refractivity (Wildman–Crippen MR) is 46.9 cm³/mol. The third-order valence-corrected chi connectivity index (χ3v) is 1.89. The lowest BCUT2D eigenvalue weighted by Crippen LogP contribution is -2.21. The van der Waals surface area contributed by atoms with Gasteiger partial charge in [0, 0.05) is 16.3 Å². The molecule has 14 heavy (non-hydrogen) atoms. The number of hydrogen-bond donors (Lipinski definition) is 2. The number of aliphatic hydroxyl groups is 1. The second kappa shape index (κ2) is 3.67. The van der Waals surface area contributed by atoms with E-state index in [4.69, 9.17) is 22.4 Å². The van der Waals surface area contributed by atoms with Gasteiger partial charge in [0.2, 0.25) is 0 Å². The Morgan fingerprint density at radius 3 is 2.43 bits per heavy atom. The molecule has 0 spiro atoms. The third-order valence-electron chi connectivity index (χ3n) is 1.65. The van der Waals surface area contributed by atoms with Crippen LogP contribution in [-0.4, -0.2) is 11.3 Å². The topological polar surface area (TPSA) is 46.2 Å². The van der Waals surface area contributed by atoms with Gasteiger partial charge in [-0.25, -0.2) is 0 Å². The van der Waals surface area contributed by atoms with Crippen LogP contribution in [-0.2, 0) is 0 Å². The number of nitrogens with two attached hydrogens (primary N) is 1. The van der Waals surface area contributed by atoms with Crippen LogP contribution in [0.15, 0.2) is 18.2 Å². The van der Waals surface area contributed by atoms with Crippen LogP contribution in [0.25, 0.3) is 0 Å². The van der Waals surface area contributed by atoms with E-state index < -0.39 is 17.8 Å². The molecule has 0 fully saturated rings. The Labute approximate surface area is 83.1 Å². The van der Waals surface area contributed by atoms with Crippen molar-refractivity contribution in [2.75, 3.05) is 5.73 Å². The molecule has 0 unspecified atom stereocenters. The van der Waals surface area contributed by atoms with Crippen molar-refractivity contribution >= 4 is 17.3 Å². The highest BCUT2D eigenvalue weighted by Crippen LogP contribution is 2.36. The number of alkyl halides is 3. The van der Waals surface area contributed by atoms with Crippen LogP contribution >= 0.6 is 11.6 Å². The summed E-state index contributed by atoms with van der Waals surface area (Å²) in [5.74, 6) is 0. The van der Waals surface area contributed by atoms with Crippen LogP contribution in [0.3, 0.4) is 0 Å². The van der Waals surface area contributed by atoms with Crippen molar-refractivity contribution in [3.05, 3.63) is 28.8 Å². The van der Waals surface area contributed by atoms with E-state index in [9.17, 15) is 13.2 Å². The number of nitrogen functional groups attached to an aromatic ring is 1. The zero-order valence-electron chi connectivity index (χ0n) is 6.85. The maximum atomic E-state index is 12.1. The Morgan fingerprint density at radius 1 is 1.36 bits per heavy atom. The Kier molecular flexibility index (Phi) is 2.92. The molecule has 1 rings (SSSR count). The van der Waals surface area contributed by atoms with Crippen molar-refractivity contribution in [3.63, 3.8) is 0 Å². The Morgan fingerprint density at radius 2 is 1.93 bits per heavy atom. The minimum Gasteiger partial charge on any atom is -0.398 e. The standard InChI is InChI=1S/C8H7ClF3NO/c9-4-1-2-6(13)5(3-4)7(14)8(10,11)12/h1-3,7,14H,13H2/t7-/m0/s1. The van der Waals surface area contributed by atoms with E-state index in [0.29, 0.717) is 0 Å². The number of hydrogen-bond acceptors (Lipinski definition) is 2. The maximum Gasteiger partial charge on any atom is 0.418 e. The van der Waals surface area contributed by atoms with Crippen molar-refractivity contribution < 1.29 is 18.3 Å². The molecule has 0 bridgehead atoms. The fourth-order valence-electron chi connectivity index (χ4n) is 0.959. The van der Waals surface area contributed by atoms with Crippen LogP contribution in [0, 0.1) is 0 Å². The van der Waals surface area contributed by atoms with Gasteiger partial charge in [0.25, 0.3) is 0 Å². The van der Waals surface area contributed by atoms with Gasteiger partial charge in [-0.15, -0.1) is 0 Å². The molecule has 0 aliphatic rings. The number of rotatable bonds is 1. The molecule has 0 aliphatic heterocycles. The summed E-state index contributed by atoms with van der Waals surface area (Å²) >= 11 is 5.48. The highest BCUT2D eigenvalue weighted by molar-refractivity contribution is 6.30. The van der Waals surface area contributed by atoms with E-state index in [1.807, 2.05) is 0 Å². The summed E-state index contributed by atoms with van der Waals surface area (Å²) in [4.78, 5) is 0. The summed E-state index contributed by atoms with van der Waals surface area (Å²) in [7, 11) is 0. The van der Waals surface area contributed by atoms with E-state index in [1.54, 1.807) is 0 Å². The van der Waals surface area contributed by atoms with Crippen LogP contribution in [0.4, 0.5) is 18.9 Å². The second-order valence-corrected chi connectivity index (χ2v) is 3.15. The van der Waals surface area contributed by atoms with Gasteiger partial charge in [-0.3, -0.25) is 0 Å². The first-order chi connectivity index (χ1) is 6.32. The third kappa shape index (κ3) is 2.30. The number of anilines is 1. The summed E-state index contributed by atoms with van der Waals surface area (Å²) in [6, 6.07) is 3.56. The first kappa shape index (κ1) is 11.1. The predicted octanol–water partition coefficient (Wildman–Crippen LogP) is 2.52. The van der Waals surface area contributed by atoms with Crippen LogP contribution < -0.4 is 5.73 Å². The molecular weight excluding hydrogens is 219 g/mol. The molecule has 0 aliphatic carbocycles. The van der Waals surface area contributed by atoms with E-state index in [0.717, 1.165) is 6.07 Å². The minimum absolute atomic E-state index is 0.0949. The normalized spacial score (nSPS) is 14.1. The second-order valence-electron chi connectivity index (χ2n) is 2.72. The molecule has 0 aromatic heterocycles. The van der Waals surface area contributed by atoms with E-state index in [2.05, 4.69) is 0 Å². The average Bonchev–Trinajstić information content (AvgIpc) is 2.06. The minimum atomic E-state index is -4.74. The van der Waals surface area contributed by atoms with Gasteiger partial charge in [-0.2, -0.15) is 13.2 Å². The van der Waals surface area contributed by atoms with Gasteiger partial charge in [-0.1, -0.05) is 11.6 Å². The van der Waals surface area contributed by atoms with Crippen molar-refractivity contribution in [2.45, 2.75) is 12.3 Å². The van der Waals surface area contributed by atoms with E-state index >= 15 is 0 Å². The lowest BCUT2D eigenvalue weighted by Gasteiger charge is -2.16. The summed E-state index contributed by atoms with van der Waals surface area (Å²) in [6.07, 6.45) is -7.33. The highest BCUT2D eigenvalue weighted by Gasteiger charge is 2.40. The first-order valence-electron chi connectivity index (χ1n) is 3.62. The molecule has 0 radical (unpaired) electrons. The molecular formula is C8H7ClF3NO. The molecule has 3 N–H and O–H groups in total. The van der Waals surface area contributed by atoms with Gasteiger partial charge in [0.15, 0.2) is 6.10 Å². The summed E-state index contributed by atoms with van der Waals surface area (Å²) < 4.78 is 36.3. The van der Waals surface area contributed by atoms with E-state index in [1.165, 1.54) is 12.1 Å². The summed E-state index contributed by atoms with van der Waals surface area (Å²) in [5.41, 5.74) is 4.70. The van der Waals surface area contributed by atoms with Gasteiger partial charge >= 0.3 is 6.18 Å². The fraction of sp³-hybridized carbons (Fsp3) is 0.250. The highest BCUT2D eigenvalue weighted by atomic mass is 35.5. The summed E-state index contributed by atoms with van der Waals surface area (Å²) in [6.45, 7) is 0. The SMILES string of the molecule is Nc1ccc(Cl)cc1[C@H](O)C(F)(F)F. The molecule has 1 aromatic carbocycles. The monoisotopic (exact) mass is 225 g/mol. The molecule has 78 valence electrons. The Balaban J connectivity index is 3.12. The molecule has 1 atom stereocenters.